The molecule has 3 rings (SSSR count). The predicted octanol–water partition coefficient (Wildman–Crippen LogP) is -4.64. The molecule has 15 heteroatoms. The van der Waals surface area contributed by atoms with Crippen molar-refractivity contribution in [2.75, 3.05) is 0 Å². The summed E-state index contributed by atoms with van der Waals surface area (Å²) in [6.07, 6.45) is -3.42. The Balaban J connectivity index is 0.00000225. The molecule has 1 saturated heterocycles. The van der Waals surface area contributed by atoms with E-state index in [1.807, 2.05) is 0 Å². The number of aromatic nitrogens is 4. The number of ether oxygens (including phenoxy) is 1. The van der Waals surface area contributed by atoms with Gasteiger partial charge in [0, 0.05) is 0 Å². The molecule has 0 aliphatic carbocycles. The normalized spacial score (nSPS) is 28.0. The van der Waals surface area contributed by atoms with Crippen LogP contribution >= 0.6 is 7.82 Å². The summed E-state index contributed by atoms with van der Waals surface area (Å²) >= 11 is 4.30. The standard InChI is InChI=1S/C10H13N4O8PS.Na/c15-5-6(16)9(14-3-13-4-1-11-2-12-8(4)14)20-7(5)10(22-24)21-23(17,18)19;/h1-3,5-7,9-10,15-16,24H,(H2,17,18,19);/q;+1/p-1/t5-,6+,7-,9+,10?;/m0./s1. The SMILES string of the molecule is O=P(O)(O)OC(O[S-])[C@H]1O[C@@H](n2cnc3cncnc32)[C@H](O)[C@@H]1O.[Na+]. The summed E-state index contributed by atoms with van der Waals surface area (Å²) in [5, 5.41) is 20.3. The molecule has 3 heterocycles. The van der Waals surface area contributed by atoms with Gasteiger partial charge in [0.15, 0.2) is 18.2 Å². The Hall–Kier alpha value is -0.150. The number of phosphoric acid groups is 1. The van der Waals surface area contributed by atoms with Gasteiger partial charge in [-0.05, 0) is 0 Å². The van der Waals surface area contributed by atoms with Crippen molar-refractivity contribution in [2.45, 2.75) is 30.8 Å². The number of hydrogen-bond acceptors (Lipinski definition) is 10. The van der Waals surface area contributed by atoms with Gasteiger partial charge in [0.25, 0.3) is 0 Å². The first-order chi connectivity index (χ1) is 11.3. The summed E-state index contributed by atoms with van der Waals surface area (Å²) in [5.41, 5.74) is 0.752. The van der Waals surface area contributed by atoms with Gasteiger partial charge in [-0.25, -0.2) is 19.5 Å². The molecule has 0 spiro atoms. The van der Waals surface area contributed by atoms with Crippen LogP contribution in [0.5, 0.6) is 0 Å². The van der Waals surface area contributed by atoms with E-state index >= 15 is 0 Å². The molecule has 0 amide bonds. The predicted molar refractivity (Wildman–Crippen MR) is 76.6 cm³/mol. The van der Waals surface area contributed by atoms with Crippen molar-refractivity contribution < 1.29 is 67.6 Å². The van der Waals surface area contributed by atoms with Crippen LogP contribution < -0.4 is 29.6 Å². The van der Waals surface area contributed by atoms with Crippen molar-refractivity contribution in [1.29, 1.82) is 0 Å². The first kappa shape index (κ1) is 21.2. The van der Waals surface area contributed by atoms with E-state index in [4.69, 9.17) is 14.5 Å². The third-order valence-electron chi connectivity index (χ3n) is 3.39. The van der Waals surface area contributed by atoms with Gasteiger partial charge in [0.05, 0.1) is 12.5 Å². The Morgan fingerprint density at radius 1 is 1.32 bits per heavy atom. The minimum Gasteiger partial charge on any atom is -0.621 e. The summed E-state index contributed by atoms with van der Waals surface area (Å²) in [6, 6.07) is 0. The van der Waals surface area contributed by atoms with Gasteiger partial charge in [-0.15, -0.1) is 0 Å². The first-order valence-corrected chi connectivity index (χ1v) is 8.35. The summed E-state index contributed by atoms with van der Waals surface area (Å²) in [6.45, 7) is 0. The van der Waals surface area contributed by atoms with Crippen molar-refractivity contribution in [3.63, 3.8) is 0 Å². The Bertz CT molecular complexity index is 776. The molecule has 1 unspecified atom stereocenters. The molecule has 0 radical (unpaired) electrons. The van der Waals surface area contributed by atoms with E-state index in [0.29, 0.717) is 11.2 Å². The summed E-state index contributed by atoms with van der Waals surface area (Å²) in [5.74, 6) is 0. The molecule has 1 aliphatic heterocycles. The molecule has 25 heavy (non-hydrogen) atoms. The fraction of sp³-hybridized carbons (Fsp3) is 0.500. The van der Waals surface area contributed by atoms with Gasteiger partial charge in [-0.2, -0.15) is 0 Å². The quantitative estimate of drug-likeness (QED) is 0.164. The minimum atomic E-state index is -4.96. The van der Waals surface area contributed by atoms with Crippen LogP contribution in [0.4, 0.5) is 0 Å². The molecule has 1 fully saturated rings. The fourth-order valence-electron chi connectivity index (χ4n) is 2.38. The molecule has 2 aromatic rings. The maximum Gasteiger partial charge on any atom is 1.00 e. The van der Waals surface area contributed by atoms with Gasteiger partial charge in [-0.3, -0.25) is 9.09 Å². The van der Waals surface area contributed by atoms with Gasteiger partial charge >= 0.3 is 37.4 Å². The molecule has 4 N–H and O–H groups in total. The third kappa shape index (κ3) is 4.40. The largest absolute Gasteiger partial charge is 1.00 e. The first-order valence-electron chi connectivity index (χ1n) is 6.48. The van der Waals surface area contributed by atoms with Gasteiger partial charge in [0.2, 0.25) is 0 Å². The summed E-state index contributed by atoms with van der Waals surface area (Å²) in [4.78, 5) is 29.5. The van der Waals surface area contributed by atoms with E-state index in [1.165, 1.54) is 23.4 Å². The van der Waals surface area contributed by atoms with E-state index < -0.39 is 38.7 Å². The molecule has 132 valence electrons. The summed E-state index contributed by atoms with van der Waals surface area (Å²) < 4.78 is 26.5. The van der Waals surface area contributed by atoms with Crippen LogP contribution in [0.1, 0.15) is 6.23 Å². The minimum absolute atomic E-state index is 0. The van der Waals surface area contributed by atoms with Crippen LogP contribution in [0.3, 0.4) is 0 Å². The number of imidazole rings is 1. The van der Waals surface area contributed by atoms with Gasteiger partial charge in [0.1, 0.15) is 30.2 Å². The van der Waals surface area contributed by atoms with Crippen molar-refractivity contribution in [3.05, 3.63) is 18.9 Å². The molecular formula is C10H12N4NaO8PS. The van der Waals surface area contributed by atoms with E-state index in [9.17, 15) is 14.8 Å². The Kier molecular flexibility index (Phi) is 6.98. The zero-order valence-electron chi connectivity index (χ0n) is 12.7. The smallest absolute Gasteiger partial charge is 0.621 e. The fourth-order valence-corrected chi connectivity index (χ4v) is 3.02. The van der Waals surface area contributed by atoms with E-state index in [2.05, 4.69) is 36.6 Å². The van der Waals surface area contributed by atoms with Crippen LogP contribution in [0.15, 0.2) is 18.9 Å². The van der Waals surface area contributed by atoms with E-state index in [0.717, 1.165) is 0 Å². The topological polar surface area (TPSA) is 169 Å². The molecule has 2 aromatic heterocycles. The van der Waals surface area contributed by atoms with Crippen LogP contribution in [-0.2, 0) is 30.9 Å². The second-order valence-corrected chi connectivity index (χ2v) is 6.30. The average Bonchev–Trinajstić information content (AvgIpc) is 3.07. The van der Waals surface area contributed by atoms with Crippen LogP contribution in [0.25, 0.3) is 11.2 Å². The van der Waals surface area contributed by atoms with E-state index in [1.54, 1.807) is 0 Å². The zero-order valence-corrected chi connectivity index (χ0v) is 16.4. The van der Waals surface area contributed by atoms with Crippen molar-refractivity contribution >= 4 is 31.9 Å². The number of aliphatic hydroxyl groups is 2. The number of phosphoric ester groups is 1. The van der Waals surface area contributed by atoms with Crippen molar-refractivity contribution in [1.82, 2.24) is 19.5 Å². The van der Waals surface area contributed by atoms with Crippen molar-refractivity contribution in [3.8, 4) is 0 Å². The molecule has 5 atom stereocenters. The molecule has 0 aromatic carbocycles. The maximum absolute atomic E-state index is 10.9. The van der Waals surface area contributed by atoms with E-state index in [-0.39, 0.29) is 29.6 Å². The maximum atomic E-state index is 10.9. The number of nitrogens with zero attached hydrogens (tertiary/aromatic N) is 4. The van der Waals surface area contributed by atoms with Crippen LogP contribution in [0, 0.1) is 0 Å². The van der Waals surface area contributed by atoms with Gasteiger partial charge in [-0.1, -0.05) is 0 Å². The van der Waals surface area contributed by atoms with Gasteiger partial charge < -0.3 is 41.8 Å². The zero-order chi connectivity index (χ0) is 17.5. The monoisotopic (exact) mass is 402 g/mol. The molecule has 1 aliphatic rings. The molecular weight excluding hydrogens is 390 g/mol. The number of rotatable bonds is 5. The Morgan fingerprint density at radius 2 is 2.04 bits per heavy atom. The summed E-state index contributed by atoms with van der Waals surface area (Å²) in [7, 11) is -4.96. The second-order valence-electron chi connectivity index (χ2n) is 4.92. The second kappa shape index (κ2) is 8.25. The molecule has 0 bridgehead atoms. The molecule has 12 nitrogen and oxygen atoms in total. The number of fused-ring (bicyclic) bond motifs is 1. The van der Waals surface area contributed by atoms with Crippen LogP contribution in [0.2, 0.25) is 0 Å². The molecule has 0 saturated carbocycles. The Labute approximate surface area is 168 Å². The Morgan fingerprint density at radius 3 is 2.68 bits per heavy atom. The number of hydrogen-bond donors (Lipinski definition) is 4. The third-order valence-corrected chi connectivity index (χ3v) is 4.06. The average molecular weight is 402 g/mol. The van der Waals surface area contributed by atoms with Crippen molar-refractivity contribution in [2.24, 2.45) is 0 Å². The number of aliphatic hydroxyl groups excluding tert-OH is 2. The van der Waals surface area contributed by atoms with Crippen LogP contribution in [-0.4, -0.2) is 64.1 Å².